The van der Waals surface area contributed by atoms with Gasteiger partial charge in [0.05, 0.1) is 0 Å². The summed E-state index contributed by atoms with van der Waals surface area (Å²) in [5.74, 6) is 0. The number of benzene rings is 1. The predicted octanol–water partition coefficient (Wildman–Crippen LogP) is 0.0693. The predicted molar refractivity (Wildman–Crippen MR) is 63.8 cm³/mol. The van der Waals surface area contributed by atoms with Crippen molar-refractivity contribution in [3.05, 3.63) is 35.9 Å². The fourth-order valence-corrected chi connectivity index (χ4v) is 1.51. The maximum Gasteiger partial charge on any atom is 4.00 e. The van der Waals surface area contributed by atoms with E-state index in [1.807, 2.05) is 18.2 Å². The third kappa shape index (κ3) is 28.3. The van der Waals surface area contributed by atoms with Crippen LogP contribution in [0.1, 0.15) is 5.56 Å². The number of rotatable bonds is 4. The Labute approximate surface area is 144 Å². The molecule has 22 heavy (non-hydrogen) atoms. The molecule has 0 saturated heterocycles. The number of hydrogen-bond donors (Lipinski definition) is 0. The van der Waals surface area contributed by atoms with E-state index in [1.165, 1.54) is 5.56 Å². The molecule has 0 aliphatic heterocycles. The molecule has 4 unspecified atom stereocenters. The molecular formula is C7H8O10P4Ti+4. The minimum Gasteiger partial charge on any atom is -0.563 e. The van der Waals surface area contributed by atoms with Crippen LogP contribution in [0.4, 0.5) is 0 Å². The molecule has 0 aliphatic carbocycles. The minimum atomic E-state index is -3.24. The number of aryl methyl sites for hydroxylation is 1. The van der Waals surface area contributed by atoms with Crippen LogP contribution in [0.15, 0.2) is 30.3 Å². The first-order chi connectivity index (χ1) is 9.65. The van der Waals surface area contributed by atoms with Gasteiger partial charge in [0.1, 0.15) is 8.62 Å². The van der Waals surface area contributed by atoms with E-state index in [2.05, 4.69) is 27.7 Å². The Balaban J connectivity index is -0.000000241. The molecule has 116 valence electrons. The van der Waals surface area contributed by atoms with Gasteiger partial charge < -0.3 is 19.6 Å². The van der Waals surface area contributed by atoms with Gasteiger partial charge in [-0.25, -0.2) is 0 Å². The molecule has 0 saturated carbocycles. The van der Waals surface area contributed by atoms with Crippen molar-refractivity contribution in [2.75, 3.05) is 0 Å². The van der Waals surface area contributed by atoms with E-state index in [0.29, 0.717) is 0 Å². The smallest absolute Gasteiger partial charge is 0.563 e. The Morgan fingerprint density at radius 2 is 1.00 bits per heavy atom. The molecule has 1 rings (SSSR count). The Bertz CT molecular complexity index is 433. The van der Waals surface area contributed by atoms with E-state index in [4.69, 9.17) is 0 Å². The Hall–Kier alpha value is 0.0943. The molecule has 4 atom stereocenters. The first-order valence-corrected chi connectivity index (χ1v) is 8.98. The molecular weight excluding hydrogens is 416 g/mol. The van der Waals surface area contributed by atoms with Crippen LogP contribution in [-0.4, -0.2) is 0 Å². The van der Waals surface area contributed by atoms with Crippen LogP contribution in [-0.2, 0) is 48.6 Å². The van der Waals surface area contributed by atoms with Crippen molar-refractivity contribution in [3.63, 3.8) is 0 Å². The van der Waals surface area contributed by atoms with Gasteiger partial charge in [-0.3, -0.25) is 0 Å². The van der Waals surface area contributed by atoms with Crippen molar-refractivity contribution in [3.8, 4) is 0 Å². The number of hydrogen-bond acceptors (Lipinski definition) is 10. The summed E-state index contributed by atoms with van der Waals surface area (Å²) >= 11 is 0. The molecule has 0 fully saturated rings. The summed E-state index contributed by atoms with van der Waals surface area (Å²) in [6.45, 7) is 2.08. The van der Waals surface area contributed by atoms with Crippen molar-refractivity contribution >= 4 is 33.0 Å². The Morgan fingerprint density at radius 3 is 1.09 bits per heavy atom. The summed E-state index contributed by atoms with van der Waals surface area (Å²) in [6, 6.07) is 10.3. The zero-order chi connectivity index (χ0) is 16.8. The van der Waals surface area contributed by atoms with Crippen molar-refractivity contribution in [1.82, 2.24) is 0 Å². The summed E-state index contributed by atoms with van der Waals surface area (Å²) in [6.07, 6.45) is 0. The molecule has 0 bridgehead atoms. The maximum absolute atomic E-state index is 9.24. The molecule has 1 aromatic rings. The third-order valence-corrected chi connectivity index (χ3v) is 3.34. The van der Waals surface area contributed by atoms with E-state index >= 15 is 0 Å². The molecule has 0 aromatic heterocycles. The van der Waals surface area contributed by atoms with E-state index in [-0.39, 0.29) is 21.7 Å². The minimum absolute atomic E-state index is 0. The van der Waals surface area contributed by atoms with E-state index in [1.54, 1.807) is 0 Å². The second-order valence-electron chi connectivity index (χ2n) is 2.71. The molecule has 0 radical (unpaired) electrons. The zero-order valence-corrected chi connectivity index (χ0v) is 15.9. The van der Waals surface area contributed by atoms with Gasteiger partial charge in [0.2, 0.25) is 0 Å². The van der Waals surface area contributed by atoms with Crippen molar-refractivity contribution in [2.45, 2.75) is 6.92 Å². The molecule has 0 aliphatic rings. The standard InChI is InChI=1S/C7H8.2O5P2.Ti/c1-7-5-3-2-4-6-7;2*1-6(2)5-7(3)4;/h2-6H,1H3;;;/q;;;+4. The second-order valence-corrected chi connectivity index (χ2v) is 5.81. The van der Waals surface area contributed by atoms with Gasteiger partial charge in [-0.05, 0) is 25.2 Å². The average molecular weight is 424 g/mol. The summed E-state index contributed by atoms with van der Waals surface area (Å²) in [5.41, 5.74) is 1.32. The third-order valence-electron chi connectivity index (χ3n) is 1.21. The average Bonchev–Trinajstić information content (AvgIpc) is 2.27. The quantitative estimate of drug-likeness (QED) is 0.474. The molecule has 1 aromatic carbocycles. The first kappa shape index (κ1) is 27.0. The van der Waals surface area contributed by atoms with Crippen molar-refractivity contribution in [1.29, 1.82) is 0 Å². The fourth-order valence-electron chi connectivity index (χ4n) is 0.643. The molecule has 15 heteroatoms. The van der Waals surface area contributed by atoms with Crippen LogP contribution < -0.4 is 19.6 Å². The molecule has 0 spiro atoms. The normalized spacial score (nSPS) is 11.3. The first-order valence-electron chi connectivity index (χ1n) is 4.60. The van der Waals surface area contributed by atoms with Crippen molar-refractivity contribution in [2.24, 2.45) is 0 Å². The van der Waals surface area contributed by atoms with Gasteiger partial charge in [0, 0.05) is 0 Å². The topological polar surface area (TPSA) is 179 Å². The molecule has 0 N–H and O–H groups in total. The Kier molecular flexibility index (Phi) is 21.4. The van der Waals surface area contributed by atoms with Crippen molar-refractivity contribution < 1.29 is 68.2 Å². The molecule has 0 heterocycles. The van der Waals surface area contributed by atoms with Gasteiger partial charge >= 0.3 is 54.7 Å². The zero-order valence-electron chi connectivity index (χ0n) is 10.8. The van der Waals surface area contributed by atoms with Gasteiger partial charge in [-0.1, -0.05) is 35.9 Å². The van der Waals surface area contributed by atoms with Gasteiger partial charge in [0.15, 0.2) is 0 Å². The van der Waals surface area contributed by atoms with E-state index in [0.717, 1.165) is 0 Å². The Morgan fingerprint density at radius 1 is 0.727 bits per heavy atom. The summed E-state index contributed by atoms with van der Waals surface area (Å²) in [5, 5.41) is 0. The van der Waals surface area contributed by atoms with Crippen LogP contribution in [0.25, 0.3) is 0 Å². The van der Waals surface area contributed by atoms with Crippen LogP contribution in [0.5, 0.6) is 0 Å². The maximum atomic E-state index is 9.24. The van der Waals surface area contributed by atoms with Gasteiger partial charge in [-0.2, -0.15) is 0 Å². The molecule has 10 nitrogen and oxygen atoms in total. The van der Waals surface area contributed by atoms with Crippen LogP contribution in [0.2, 0.25) is 0 Å². The summed E-state index contributed by atoms with van der Waals surface area (Å²) in [4.78, 5) is 37.0. The second kappa shape index (κ2) is 17.4. The van der Waals surface area contributed by atoms with E-state index in [9.17, 15) is 37.8 Å². The van der Waals surface area contributed by atoms with Crippen LogP contribution in [0.3, 0.4) is 0 Å². The van der Waals surface area contributed by atoms with Gasteiger partial charge in [0.25, 0.3) is 0 Å². The van der Waals surface area contributed by atoms with Gasteiger partial charge in [-0.15, -0.1) is 0 Å². The SMILES string of the molecule is Cc1ccccc1.O=[P+]([O-])O[P+](=O)[O-].O=[P+]([O-])O[P+](=O)[O-].[Ti+4]. The van der Waals surface area contributed by atoms with E-state index < -0.39 is 33.0 Å². The monoisotopic (exact) mass is 424 g/mol. The fraction of sp³-hybridized carbons (Fsp3) is 0.143. The van der Waals surface area contributed by atoms with Crippen LogP contribution >= 0.6 is 33.0 Å². The molecule has 0 amide bonds. The summed E-state index contributed by atoms with van der Waals surface area (Å²) < 4.78 is 43.3. The van der Waals surface area contributed by atoms with Crippen LogP contribution in [0, 0.1) is 6.92 Å². The largest absolute Gasteiger partial charge is 4.00 e. The summed E-state index contributed by atoms with van der Waals surface area (Å²) in [7, 11) is -12.9.